The van der Waals surface area contributed by atoms with Crippen LogP contribution in [0.2, 0.25) is 5.02 Å². The van der Waals surface area contributed by atoms with Crippen molar-refractivity contribution in [3.05, 3.63) is 53.1 Å². The van der Waals surface area contributed by atoms with Crippen LogP contribution in [0.1, 0.15) is 17.3 Å². The van der Waals surface area contributed by atoms with E-state index in [1.807, 2.05) is 19.2 Å². The average molecular weight is 264 g/mol. The molecule has 0 amide bonds. The largest absolute Gasteiger partial charge is 0.496 e. The van der Waals surface area contributed by atoms with Gasteiger partial charge in [0.15, 0.2) is 0 Å². The second-order valence-electron chi connectivity index (χ2n) is 3.74. The number of aromatic nitrogens is 2. The van der Waals surface area contributed by atoms with Crippen molar-refractivity contribution in [2.75, 3.05) is 14.2 Å². The summed E-state index contributed by atoms with van der Waals surface area (Å²) in [6.45, 7) is 0. The van der Waals surface area contributed by atoms with Crippen LogP contribution in [0.5, 0.6) is 5.75 Å². The quantitative estimate of drug-likeness (QED) is 0.920. The smallest absolute Gasteiger partial charge is 0.124 e. The highest BCUT2D eigenvalue weighted by molar-refractivity contribution is 6.30. The molecule has 0 saturated carbocycles. The maximum atomic E-state index is 6.04. The van der Waals surface area contributed by atoms with Crippen LogP contribution in [0.25, 0.3) is 0 Å². The van der Waals surface area contributed by atoms with Gasteiger partial charge in [0.05, 0.1) is 25.0 Å². The van der Waals surface area contributed by atoms with Crippen LogP contribution >= 0.6 is 11.6 Å². The molecule has 2 rings (SSSR count). The third-order valence-corrected chi connectivity index (χ3v) is 2.91. The molecule has 1 atom stereocenters. The summed E-state index contributed by atoms with van der Waals surface area (Å²) < 4.78 is 5.36. The van der Waals surface area contributed by atoms with Crippen LogP contribution in [-0.2, 0) is 0 Å². The van der Waals surface area contributed by atoms with Crippen LogP contribution in [0, 0.1) is 0 Å². The molecule has 0 aliphatic rings. The standard InChI is InChI=1S/C13H14ClN3O/c1-15-13(11-8-16-5-6-17-11)10-7-9(14)3-4-12(10)18-2/h3-8,13,15H,1-2H3. The summed E-state index contributed by atoms with van der Waals surface area (Å²) in [5.41, 5.74) is 1.76. The van der Waals surface area contributed by atoms with E-state index in [1.54, 1.807) is 31.8 Å². The average Bonchev–Trinajstić information content (AvgIpc) is 2.41. The molecule has 94 valence electrons. The normalized spacial score (nSPS) is 12.2. The van der Waals surface area contributed by atoms with Crippen LogP contribution in [0.15, 0.2) is 36.8 Å². The van der Waals surface area contributed by atoms with Gasteiger partial charge in [-0.3, -0.25) is 9.97 Å². The third-order valence-electron chi connectivity index (χ3n) is 2.67. The lowest BCUT2D eigenvalue weighted by molar-refractivity contribution is 0.405. The number of benzene rings is 1. The van der Waals surface area contributed by atoms with Gasteiger partial charge in [0.2, 0.25) is 0 Å². The first kappa shape index (κ1) is 12.8. The Labute approximate surface area is 111 Å². The fraction of sp³-hybridized carbons (Fsp3) is 0.231. The van der Waals surface area contributed by atoms with Crippen LogP contribution in [0.4, 0.5) is 0 Å². The molecule has 0 radical (unpaired) electrons. The van der Waals surface area contributed by atoms with Crippen molar-refractivity contribution in [2.24, 2.45) is 0 Å². The Hall–Kier alpha value is -1.65. The molecule has 1 aromatic heterocycles. The second kappa shape index (κ2) is 5.80. The minimum atomic E-state index is -0.104. The zero-order chi connectivity index (χ0) is 13.0. The van der Waals surface area contributed by atoms with Gasteiger partial charge < -0.3 is 10.1 Å². The van der Waals surface area contributed by atoms with E-state index >= 15 is 0 Å². The number of hydrogen-bond donors (Lipinski definition) is 1. The van der Waals surface area contributed by atoms with Gasteiger partial charge in [0.25, 0.3) is 0 Å². The maximum Gasteiger partial charge on any atom is 0.124 e. The summed E-state index contributed by atoms with van der Waals surface area (Å²) in [4.78, 5) is 8.39. The predicted molar refractivity (Wildman–Crippen MR) is 70.9 cm³/mol. The van der Waals surface area contributed by atoms with Gasteiger partial charge in [0, 0.05) is 23.0 Å². The Bertz CT molecular complexity index is 519. The third kappa shape index (κ3) is 2.60. The number of hydrogen-bond acceptors (Lipinski definition) is 4. The number of halogens is 1. The number of ether oxygens (including phenoxy) is 1. The molecule has 0 bridgehead atoms. The molecule has 18 heavy (non-hydrogen) atoms. The molecule has 0 saturated heterocycles. The fourth-order valence-electron chi connectivity index (χ4n) is 1.85. The summed E-state index contributed by atoms with van der Waals surface area (Å²) in [6.07, 6.45) is 5.03. The van der Waals surface area contributed by atoms with E-state index in [1.165, 1.54) is 0 Å². The minimum Gasteiger partial charge on any atom is -0.496 e. The molecule has 0 aliphatic heterocycles. The monoisotopic (exact) mass is 263 g/mol. The summed E-state index contributed by atoms with van der Waals surface area (Å²) in [6, 6.07) is 5.41. The van der Waals surface area contributed by atoms with Gasteiger partial charge in [-0.25, -0.2) is 0 Å². The Morgan fingerprint density at radius 3 is 2.78 bits per heavy atom. The first-order chi connectivity index (χ1) is 8.76. The van der Waals surface area contributed by atoms with Crippen molar-refractivity contribution in [2.45, 2.75) is 6.04 Å². The van der Waals surface area contributed by atoms with E-state index < -0.39 is 0 Å². The van der Waals surface area contributed by atoms with Gasteiger partial charge in [-0.15, -0.1) is 0 Å². The molecule has 2 aromatic rings. The summed E-state index contributed by atoms with van der Waals surface area (Å²) in [5.74, 6) is 0.768. The SMILES string of the molecule is CNC(c1cnccn1)c1cc(Cl)ccc1OC. The fourth-order valence-corrected chi connectivity index (χ4v) is 2.03. The minimum absolute atomic E-state index is 0.104. The molecule has 1 unspecified atom stereocenters. The van der Waals surface area contributed by atoms with Gasteiger partial charge in [0.1, 0.15) is 5.75 Å². The maximum absolute atomic E-state index is 6.04. The van der Waals surface area contributed by atoms with E-state index in [0.717, 1.165) is 17.0 Å². The zero-order valence-corrected chi connectivity index (χ0v) is 11.0. The van der Waals surface area contributed by atoms with Crippen molar-refractivity contribution >= 4 is 11.6 Å². The molecule has 0 fully saturated rings. The van der Waals surface area contributed by atoms with Crippen LogP contribution < -0.4 is 10.1 Å². The highest BCUT2D eigenvalue weighted by Crippen LogP contribution is 2.30. The molecular formula is C13H14ClN3O. The molecule has 1 aromatic carbocycles. The molecule has 4 nitrogen and oxygen atoms in total. The van der Waals surface area contributed by atoms with E-state index in [2.05, 4.69) is 15.3 Å². The second-order valence-corrected chi connectivity index (χ2v) is 4.17. The lowest BCUT2D eigenvalue weighted by atomic mass is 10.0. The number of nitrogens with one attached hydrogen (secondary N) is 1. The number of nitrogens with zero attached hydrogens (tertiary/aromatic N) is 2. The highest BCUT2D eigenvalue weighted by atomic mass is 35.5. The van der Waals surface area contributed by atoms with Gasteiger partial charge in [-0.2, -0.15) is 0 Å². The topological polar surface area (TPSA) is 47.0 Å². The molecular weight excluding hydrogens is 250 g/mol. The highest BCUT2D eigenvalue weighted by Gasteiger charge is 2.18. The Kier molecular flexibility index (Phi) is 4.12. The molecule has 1 heterocycles. The number of rotatable bonds is 4. The van der Waals surface area contributed by atoms with Crippen molar-refractivity contribution in [1.29, 1.82) is 0 Å². The van der Waals surface area contributed by atoms with Gasteiger partial charge in [-0.1, -0.05) is 11.6 Å². The van der Waals surface area contributed by atoms with E-state index in [0.29, 0.717) is 5.02 Å². The van der Waals surface area contributed by atoms with Crippen LogP contribution in [0.3, 0.4) is 0 Å². The zero-order valence-electron chi connectivity index (χ0n) is 10.2. The van der Waals surface area contributed by atoms with E-state index in [-0.39, 0.29) is 6.04 Å². The first-order valence-corrected chi connectivity index (χ1v) is 5.90. The van der Waals surface area contributed by atoms with E-state index in [9.17, 15) is 0 Å². The Morgan fingerprint density at radius 1 is 1.33 bits per heavy atom. The number of methoxy groups -OCH3 is 1. The lowest BCUT2D eigenvalue weighted by Crippen LogP contribution is -2.19. The molecule has 1 N–H and O–H groups in total. The molecule has 0 spiro atoms. The van der Waals surface area contributed by atoms with Crippen molar-refractivity contribution in [1.82, 2.24) is 15.3 Å². The van der Waals surface area contributed by atoms with E-state index in [4.69, 9.17) is 16.3 Å². The van der Waals surface area contributed by atoms with Gasteiger partial charge in [-0.05, 0) is 25.2 Å². The van der Waals surface area contributed by atoms with Crippen molar-refractivity contribution < 1.29 is 4.74 Å². The van der Waals surface area contributed by atoms with Crippen LogP contribution in [-0.4, -0.2) is 24.1 Å². The molecule has 5 heteroatoms. The van der Waals surface area contributed by atoms with Crippen molar-refractivity contribution in [3.63, 3.8) is 0 Å². The summed E-state index contributed by atoms with van der Waals surface area (Å²) in [5, 5.41) is 3.86. The Balaban J connectivity index is 2.48. The lowest BCUT2D eigenvalue weighted by Gasteiger charge is -2.18. The Morgan fingerprint density at radius 2 is 2.17 bits per heavy atom. The first-order valence-electron chi connectivity index (χ1n) is 5.53. The predicted octanol–water partition coefficient (Wildman–Crippen LogP) is 2.45. The summed E-state index contributed by atoms with van der Waals surface area (Å²) in [7, 11) is 3.50. The van der Waals surface area contributed by atoms with Gasteiger partial charge >= 0.3 is 0 Å². The summed E-state index contributed by atoms with van der Waals surface area (Å²) >= 11 is 6.04. The molecule has 0 aliphatic carbocycles. The van der Waals surface area contributed by atoms with Crippen molar-refractivity contribution in [3.8, 4) is 5.75 Å².